The molecule has 14 rings (SSSR count). The van der Waals surface area contributed by atoms with Crippen molar-refractivity contribution < 1.29 is 0 Å². The van der Waals surface area contributed by atoms with Crippen molar-refractivity contribution in [3.63, 3.8) is 0 Å². The first kappa shape index (κ1) is 43.1. The van der Waals surface area contributed by atoms with Gasteiger partial charge in [0, 0.05) is 81.1 Å². The highest BCUT2D eigenvalue weighted by Crippen LogP contribution is 2.51. The second-order valence-electron chi connectivity index (χ2n) is 18.2. The summed E-state index contributed by atoms with van der Waals surface area (Å²) in [4.78, 5) is 31.1. The fourth-order valence-corrected chi connectivity index (χ4v) is 11.7. The van der Waals surface area contributed by atoms with E-state index in [0.717, 1.165) is 92.5 Å². The van der Waals surface area contributed by atoms with E-state index < -0.39 is 0 Å². The maximum absolute atomic E-state index is 5.27. The van der Waals surface area contributed by atoms with E-state index in [-0.39, 0.29) is 0 Å². The van der Waals surface area contributed by atoms with Crippen LogP contribution < -0.4 is 0 Å². The quantitative estimate of drug-likeness (QED) is 0.143. The van der Waals surface area contributed by atoms with Gasteiger partial charge in [0.05, 0.1) is 11.0 Å². The summed E-state index contributed by atoms with van der Waals surface area (Å²) in [7, 11) is 0. The largest absolute Gasteiger partial charge is 0.309 e. The Hall–Kier alpha value is -9.76. The standard InChI is InChI=1S/C66H41N7S/c1-6-23-42(24-7-1)61-67-62(43-25-8-2-9-26-43)70-65(69-61)51-36-18-16-33-47(51)50-38-22-39-53-57-58-54(49-35-20-21-40-56(49)73(58)46-31-14-5-15-32-46)41-55(60(57)74-59(50)53)48-34-17-19-37-52(48)66-71-63(44-27-10-3-11-28-44)68-64(72-66)45-29-12-4-13-30-45/h1-41H. The number of hydrogen-bond acceptors (Lipinski definition) is 7. The van der Waals surface area contributed by atoms with Crippen LogP contribution in [-0.4, -0.2) is 34.5 Å². The Kier molecular flexibility index (Phi) is 10.6. The van der Waals surface area contributed by atoms with Crippen molar-refractivity contribution in [1.29, 1.82) is 0 Å². The Morgan fingerprint density at radius 2 is 0.649 bits per heavy atom. The summed E-state index contributed by atoms with van der Waals surface area (Å²) in [5.41, 5.74) is 13.2. The summed E-state index contributed by atoms with van der Waals surface area (Å²) in [5.74, 6) is 3.68. The van der Waals surface area contributed by atoms with Crippen LogP contribution in [0, 0.1) is 0 Å². The first-order valence-electron chi connectivity index (χ1n) is 24.6. The lowest BCUT2D eigenvalue weighted by Crippen LogP contribution is -2.01. The summed E-state index contributed by atoms with van der Waals surface area (Å²) in [6.45, 7) is 0. The van der Waals surface area contributed by atoms with Gasteiger partial charge in [-0.15, -0.1) is 11.3 Å². The highest BCUT2D eigenvalue weighted by Gasteiger charge is 2.26. The van der Waals surface area contributed by atoms with Gasteiger partial charge in [-0.25, -0.2) is 29.9 Å². The van der Waals surface area contributed by atoms with Crippen molar-refractivity contribution >= 4 is 53.3 Å². The minimum absolute atomic E-state index is 0.603. The van der Waals surface area contributed by atoms with Crippen LogP contribution in [0.1, 0.15) is 0 Å². The molecule has 8 heteroatoms. The van der Waals surface area contributed by atoms with E-state index in [4.69, 9.17) is 29.9 Å². The highest BCUT2D eigenvalue weighted by atomic mass is 32.1. The van der Waals surface area contributed by atoms with Gasteiger partial charge in [0.1, 0.15) is 0 Å². The molecule has 346 valence electrons. The topological polar surface area (TPSA) is 82.3 Å². The van der Waals surface area contributed by atoms with E-state index in [9.17, 15) is 0 Å². The van der Waals surface area contributed by atoms with Crippen LogP contribution in [0.15, 0.2) is 249 Å². The molecule has 10 aromatic carbocycles. The molecule has 0 spiro atoms. The lowest BCUT2D eigenvalue weighted by atomic mass is 9.94. The molecule has 0 amide bonds. The van der Waals surface area contributed by atoms with E-state index >= 15 is 0 Å². The monoisotopic (exact) mass is 963 g/mol. The fraction of sp³-hybridized carbons (Fsp3) is 0. The van der Waals surface area contributed by atoms with Gasteiger partial charge in [0.25, 0.3) is 0 Å². The second-order valence-corrected chi connectivity index (χ2v) is 19.2. The average molecular weight is 964 g/mol. The molecule has 0 aliphatic carbocycles. The number of thiophene rings is 1. The van der Waals surface area contributed by atoms with Crippen molar-refractivity contribution in [2.75, 3.05) is 0 Å². The average Bonchev–Trinajstić information content (AvgIpc) is 4.10. The smallest absolute Gasteiger partial charge is 0.164 e. The molecule has 4 heterocycles. The summed E-state index contributed by atoms with van der Waals surface area (Å²) in [5, 5.41) is 4.66. The molecule has 0 atom stereocenters. The molecule has 0 N–H and O–H groups in total. The molecule has 74 heavy (non-hydrogen) atoms. The van der Waals surface area contributed by atoms with E-state index in [2.05, 4.69) is 156 Å². The van der Waals surface area contributed by atoms with Gasteiger partial charge >= 0.3 is 0 Å². The van der Waals surface area contributed by atoms with Gasteiger partial charge < -0.3 is 4.57 Å². The number of para-hydroxylation sites is 2. The van der Waals surface area contributed by atoms with Crippen molar-refractivity contribution in [3.8, 4) is 96.3 Å². The number of aromatic nitrogens is 7. The van der Waals surface area contributed by atoms with Crippen LogP contribution in [0.3, 0.4) is 0 Å². The lowest BCUT2D eigenvalue weighted by Gasteiger charge is -2.14. The molecule has 7 nitrogen and oxygen atoms in total. The van der Waals surface area contributed by atoms with Crippen LogP contribution in [-0.2, 0) is 0 Å². The van der Waals surface area contributed by atoms with Crippen molar-refractivity contribution in [1.82, 2.24) is 34.5 Å². The Bertz CT molecular complexity index is 4290. The summed E-state index contributed by atoms with van der Waals surface area (Å²) >= 11 is 1.82. The van der Waals surface area contributed by atoms with Gasteiger partial charge in [-0.1, -0.05) is 224 Å². The number of nitrogens with zero attached hydrogens (tertiary/aromatic N) is 7. The molecule has 0 saturated carbocycles. The Labute approximate surface area is 430 Å². The van der Waals surface area contributed by atoms with Crippen LogP contribution in [0.2, 0.25) is 0 Å². The first-order valence-corrected chi connectivity index (χ1v) is 25.4. The molecule has 0 bridgehead atoms. The number of fused-ring (bicyclic) bond motifs is 7. The molecule has 0 aliphatic heterocycles. The summed E-state index contributed by atoms with van der Waals surface area (Å²) in [6, 6.07) is 86.3. The Morgan fingerprint density at radius 3 is 1.15 bits per heavy atom. The van der Waals surface area contributed by atoms with Crippen molar-refractivity contribution in [2.24, 2.45) is 0 Å². The molecule has 0 radical (unpaired) electrons. The van der Waals surface area contributed by atoms with Gasteiger partial charge in [0.2, 0.25) is 0 Å². The minimum atomic E-state index is 0.603. The molecule has 14 aromatic rings. The second kappa shape index (κ2) is 18.1. The van der Waals surface area contributed by atoms with Crippen LogP contribution in [0.25, 0.3) is 138 Å². The summed E-state index contributed by atoms with van der Waals surface area (Å²) < 4.78 is 4.76. The number of benzene rings is 10. The van der Waals surface area contributed by atoms with E-state index in [1.807, 2.05) is 108 Å². The molecule has 0 unspecified atom stereocenters. The fourth-order valence-electron chi connectivity index (χ4n) is 10.4. The van der Waals surface area contributed by atoms with Gasteiger partial charge in [-0.2, -0.15) is 0 Å². The third-order valence-electron chi connectivity index (χ3n) is 13.7. The van der Waals surface area contributed by atoms with Crippen LogP contribution in [0.4, 0.5) is 0 Å². The molecule has 4 aromatic heterocycles. The Balaban J connectivity index is 1.06. The first-order chi connectivity index (χ1) is 36.7. The Morgan fingerprint density at radius 1 is 0.270 bits per heavy atom. The van der Waals surface area contributed by atoms with Gasteiger partial charge in [0.15, 0.2) is 34.9 Å². The zero-order chi connectivity index (χ0) is 49.0. The highest BCUT2D eigenvalue weighted by molar-refractivity contribution is 7.27. The number of hydrogen-bond donors (Lipinski definition) is 0. The number of rotatable bonds is 9. The molecular weight excluding hydrogens is 923 g/mol. The maximum atomic E-state index is 5.27. The van der Waals surface area contributed by atoms with Crippen LogP contribution >= 0.6 is 11.3 Å². The zero-order valence-electron chi connectivity index (χ0n) is 39.7. The summed E-state index contributed by atoms with van der Waals surface area (Å²) in [6.07, 6.45) is 0. The maximum Gasteiger partial charge on any atom is 0.164 e. The lowest BCUT2D eigenvalue weighted by molar-refractivity contribution is 1.07. The third kappa shape index (κ3) is 7.43. The van der Waals surface area contributed by atoms with E-state index in [1.54, 1.807) is 0 Å². The van der Waals surface area contributed by atoms with Crippen molar-refractivity contribution in [3.05, 3.63) is 249 Å². The van der Waals surface area contributed by atoms with E-state index in [0.29, 0.717) is 34.9 Å². The van der Waals surface area contributed by atoms with Gasteiger partial charge in [-0.05, 0) is 35.4 Å². The normalized spacial score (nSPS) is 11.5. The van der Waals surface area contributed by atoms with Gasteiger partial charge in [-0.3, -0.25) is 0 Å². The molecule has 0 fully saturated rings. The molecule has 0 aliphatic rings. The molecular formula is C66H41N7S. The zero-order valence-corrected chi connectivity index (χ0v) is 40.5. The van der Waals surface area contributed by atoms with E-state index in [1.165, 1.54) is 10.8 Å². The predicted molar refractivity (Wildman–Crippen MR) is 304 cm³/mol. The van der Waals surface area contributed by atoms with Crippen LogP contribution in [0.5, 0.6) is 0 Å². The van der Waals surface area contributed by atoms with Crippen molar-refractivity contribution in [2.45, 2.75) is 0 Å². The third-order valence-corrected chi connectivity index (χ3v) is 15.0. The SMILES string of the molecule is c1ccc(-c2nc(-c3ccccc3)nc(-c3ccccc3-c3cccc4c3sc3c(-c5ccccc5-c5nc(-c6ccccc6)nc(-c6ccccc6)n5)cc5c6ccccc6n(-c6ccccc6)c5c34)n2)cc1. The predicted octanol–water partition coefficient (Wildman–Crippen LogP) is 16.9. The molecule has 0 saturated heterocycles. The minimum Gasteiger partial charge on any atom is -0.309 e.